The molecule has 1 aliphatic rings. The second kappa shape index (κ2) is 7.88. The maximum absolute atomic E-state index is 14.3. The Hall–Kier alpha value is -2.07. The first kappa shape index (κ1) is 22.6. The van der Waals surface area contributed by atoms with Gasteiger partial charge in [0.05, 0.1) is 23.1 Å². The Morgan fingerprint density at radius 2 is 1.83 bits per heavy atom. The number of sulfone groups is 1. The highest BCUT2D eigenvalue weighted by Crippen LogP contribution is 2.35. The molecular formula is C18H16ClFN2O6S2. The van der Waals surface area contributed by atoms with Crippen molar-refractivity contribution in [2.75, 3.05) is 19.7 Å². The number of nitrogens with zero attached hydrogens (tertiary/aromatic N) is 2. The van der Waals surface area contributed by atoms with Crippen molar-refractivity contribution >= 4 is 31.5 Å². The summed E-state index contributed by atoms with van der Waals surface area (Å²) in [5.74, 6) is -1.19. The number of aliphatic hydroxyl groups is 2. The summed E-state index contributed by atoms with van der Waals surface area (Å²) in [6, 6.07) is 9.46. The molecule has 3 rings (SSSR count). The highest BCUT2D eigenvalue weighted by atomic mass is 35.5. The predicted octanol–water partition coefficient (Wildman–Crippen LogP) is 0.921. The van der Waals surface area contributed by atoms with Gasteiger partial charge in [-0.2, -0.15) is 9.57 Å². The van der Waals surface area contributed by atoms with Gasteiger partial charge in [-0.05, 0) is 42.5 Å². The molecule has 30 heavy (non-hydrogen) atoms. The van der Waals surface area contributed by atoms with Gasteiger partial charge in [0.25, 0.3) is 0 Å². The molecule has 2 aromatic carbocycles. The van der Waals surface area contributed by atoms with Crippen LogP contribution in [0.2, 0.25) is 5.02 Å². The smallest absolute Gasteiger partial charge is 0.246 e. The number of hydrogen-bond donors (Lipinski definition) is 2. The minimum absolute atomic E-state index is 0.0945. The molecule has 8 nitrogen and oxygen atoms in total. The molecule has 160 valence electrons. The van der Waals surface area contributed by atoms with E-state index >= 15 is 0 Å². The van der Waals surface area contributed by atoms with E-state index in [1.807, 2.05) is 0 Å². The largest absolute Gasteiger partial charge is 0.393 e. The summed E-state index contributed by atoms with van der Waals surface area (Å²) in [4.78, 5) is -0.987. The minimum atomic E-state index is -4.57. The fourth-order valence-electron chi connectivity index (χ4n) is 3.26. The Kier molecular flexibility index (Phi) is 5.94. The second-order valence-corrected chi connectivity index (χ2v) is 11.3. The third kappa shape index (κ3) is 3.82. The van der Waals surface area contributed by atoms with Crippen LogP contribution in [0.25, 0.3) is 0 Å². The van der Waals surface area contributed by atoms with Gasteiger partial charge in [0.2, 0.25) is 10.0 Å². The summed E-state index contributed by atoms with van der Waals surface area (Å²) in [6.45, 7) is -2.50. The van der Waals surface area contributed by atoms with Crippen LogP contribution in [-0.2, 0) is 19.9 Å². The van der Waals surface area contributed by atoms with Gasteiger partial charge in [-0.3, -0.25) is 0 Å². The summed E-state index contributed by atoms with van der Waals surface area (Å²) >= 11 is 5.76. The number of nitriles is 1. The van der Waals surface area contributed by atoms with Crippen molar-refractivity contribution in [1.29, 1.82) is 5.26 Å². The van der Waals surface area contributed by atoms with Crippen molar-refractivity contribution in [1.82, 2.24) is 4.31 Å². The molecule has 1 unspecified atom stereocenters. The molecule has 0 spiro atoms. The van der Waals surface area contributed by atoms with Gasteiger partial charge in [0, 0.05) is 18.1 Å². The van der Waals surface area contributed by atoms with E-state index in [4.69, 9.17) is 16.9 Å². The first-order chi connectivity index (χ1) is 14.0. The molecule has 1 heterocycles. The SMILES string of the molecule is N#Cc1ccc(S(=O)(=O)N2CC(S(=O)(=O)c3ccc(Cl)cc3)[C@](O)(CO)C2)c(F)c1. The highest BCUT2D eigenvalue weighted by molar-refractivity contribution is 7.92. The molecule has 0 aliphatic carbocycles. The molecule has 0 radical (unpaired) electrons. The van der Waals surface area contributed by atoms with Crippen molar-refractivity contribution in [3.05, 3.63) is 58.9 Å². The van der Waals surface area contributed by atoms with Crippen LogP contribution in [0.1, 0.15) is 5.56 Å². The van der Waals surface area contributed by atoms with Crippen LogP contribution >= 0.6 is 11.6 Å². The molecule has 2 aromatic rings. The zero-order chi connectivity index (χ0) is 22.3. The standard InChI is InChI=1S/C18H16ClFN2O6S2/c19-13-2-4-14(5-3-13)29(25,26)17-9-22(10-18(17,24)11-23)30(27,28)16-6-1-12(8-21)7-15(16)20/h1-7,17,23-24H,9-11H2/t17?,18-/m1/s1. The number of hydrogen-bond acceptors (Lipinski definition) is 7. The first-order valence-corrected chi connectivity index (χ1v) is 11.8. The van der Waals surface area contributed by atoms with E-state index in [-0.39, 0.29) is 15.5 Å². The monoisotopic (exact) mass is 474 g/mol. The molecule has 0 aromatic heterocycles. The van der Waals surface area contributed by atoms with Crippen LogP contribution in [0.3, 0.4) is 0 Å². The predicted molar refractivity (Wildman–Crippen MR) is 104 cm³/mol. The normalized spacial score (nSPS) is 22.7. The van der Waals surface area contributed by atoms with Gasteiger partial charge in [-0.15, -0.1) is 0 Å². The van der Waals surface area contributed by atoms with E-state index in [9.17, 15) is 31.4 Å². The van der Waals surface area contributed by atoms with Crippen LogP contribution in [0.5, 0.6) is 0 Å². The Balaban J connectivity index is 2.02. The molecule has 1 fully saturated rings. The first-order valence-electron chi connectivity index (χ1n) is 8.48. The summed E-state index contributed by atoms with van der Waals surface area (Å²) in [7, 11) is -8.85. The molecule has 1 saturated heterocycles. The number of halogens is 2. The molecule has 2 N–H and O–H groups in total. The fourth-order valence-corrected chi connectivity index (χ4v) is 6.99. The van der Waals surface area contributed by atoms with E-state index in [0.717, 1.165) is 18.2 Å². The Morgan fingerprint density at radius 3 is 2.37 bits per heavy atom. The van der Waals surface area contributed by atoms with E-state index in [0.29, 0.717) is 4.31 Å². The van der Waals surface area contributed by atoms with Crippen molar-refractivity contribution in [3.63, 3.8) is 0 Å². The molecule has 0 amide bonds. The zero-order valence-electron chi connectivity index (χ0n) is 15.2. The van der Waals surface area contributed by atoms with Crippen LogP contribution in [0.15, 0.2) is 52.3 Å². The fraction of sp³-hybridized carbons (Fsp3) is 0.278. The lowest BCUT2D eigenvalue weighted by atomic mass is 10.1. The quantitative estimate of drug-likeness (QED) is 0.657. The van der Waals surface area contributed by atoms with Crippen molar-refractivity contribution in [2.45, 2.75) is 20.6 Å². The lowest BCUT2D eigenvalue weighted by Gasteiger charge is -2.26. The summed E-state index contributed by atoms with van der Waals surface area (Å²) in [5.41, 5.74) is -2.41. The Labute approximate surface area is 177 Å². The maximum Gasteiger partial charge on any atom is 0.246 e. The maximum atomic E-state index is 14.3. The third-order valence-corrected chi connectivity index (χ3v) is 9.25. The Morgan fingerprint density at radius 1 is 1.20 bits per heavy atom. The average molecular weight is 475 g/mol. The highest BCUT2D eigenvalue weighted by Gasteiger charge is 2.55. The van der Waals surface area contributed by atoms with Crippen LogP contribution in [-0.4, -0.2) is 61.9 Å². The molecular weight excluding hydrogens is 459 g/mol. The number of benzene rings is 2. The lowest BCUT2D eigenvalue weighted by Crippen LogP contribution is -2.49. The van der Waals surface area contributed by atoms with Gasteiger partial charge in [-0.25, -0.2) is 21.2 Å². The Bertz CT molecular complexity index is 1230. The van der Waals surface area contributed by atoms with Gasteiger partial charge < -0.3 is 10.2 Å². The number of rotatable bonds is 5. The van der Waals surface area contributed by atoms with Gasteiger partial charge >= 0.3 is 0 Å². The molecule has 1 aliphatic heterocycles. The van der Waals surface area contributed by atoms with Gasteiger partial charge in [0.1, 0.15) is 21.6 Å². The molecule has 0 saturated carbocycles. The van der Waals surface area contributed by atoms with Crippen LogP contribution in [0.4, 0.5) is 4.39 Å². The summed E-state index contributed by atoms with van der Waals surface area (Å²) < 4.78 is 66.8. The average Bonchev–Trinajstić information content (AvgIpc) is 3.08. The third-order valence-electron chi connectivity index (χ3n) is 4.89. The molecule has 0 bridgehead atoms. The molecule has 12 heteroatoms. The molecule has 2 atom stereocenters. The van der Waals surface area contributed by atoms with Gasteiger partial charge in [-0.1, -0.05) is 11.6 Å². The zero-order valence-corrected chi connectivity index (χ0v) is 17.6. The van der Waals surface area contributed by atoms with Crippen molar-refractivity contribution in [3.8, 4) is 6.07 Å². The summed E-state index contributed by atoms with van der Waals surface area (Å²) in [6.07, 6.45) is 0. The summed E-state index contributed by atoms with van der Waals surface area (Å²) in [5, 5.41) is 27.8. The van der Waals surface area contributed by atoms with Crippen LogP contribution < -0.4 is 0 Å². The van der Waals surface area contributed by atoms with Gasteiger partial charge in [0.15, 0.2) is 9.84 Å². The van der Waals surface area contributed by atoms with E-state index in [1.165, 1.54) is 24.3 Å². The number of aliphatic hydroxyl groups excluding tert-OH is 1. The van der Waals surface area contributed by atoms with Crippen LogP contribution in [0, 0.1) is 17.1 Å². The van der Waals surface area contributed by atoms with E-state index in [1.54, 1.807) is 6.07 Å². The number of β-amino-alcohol motifs (C(OH)–C–C–N with tert-alkyl or cyclic N) is 1. The van der Waals surface area contributed by atoms with E-state index < -0.39 is 61.1 Å². The topological polar surface area (TPSA) is 136 Å². The van der Waals surface area contributed by atoms with Crippen molar-refractivity contribution in [2.24, 2.45) is 0 Å². The van der Waals surface area contributed by atoms with E-state index in [2.05, 4.69) is 0 Å². The lowest BCUT2D eigenvalue weighted by molar-refractivity contribution is 0.00159. The number of sulfonamides is 1. The van der Waals surface area contributed by atoms with Crippen molar-refractivity contribution < 1.29 is 31.4 Å². The minimum Gasteiger partial charge on any atom is -0.393 e. The second-order valence-electron chi connectivity index (χ2n) is 6.80.